The van der Waals surface area contributed by atoms with Crippen LogP contribution in [0, 0.1) is 13.8 Å². The van der Waals surface area contributed by atoms with Gasteiger partial charge in [0, 0.05) is 30.2 Å². The van der Waals surface area contributed by atoms with Gasteiger partial charge in [0.25, 0.3) is 5.91 Å². The number of aryl methyl sites for hydroxylation is 3. The lowest BCUT2D eigenvalue weighted by Crippen LogP contribution is -2.18. The Morgan fingerprint density at radius 2 is 2.04 bits per heavy atom. The minimum absolute atomic E-state index is 0.0145. The summed E-state index contributed by atoms with van der Waals surface area (Å²) in [5.41, 5.74) is 5.49. The number of hydrogen-bond acceptors (Lipinski definition) is 5. The maximum Gasteiger partial charge on any atom is 0.433 e. The lowest BCUT2D eigenvalue weighted by Gasteiger charge is -2.10. The average molecular weight is 411 g/mol. The monoisotopic (exact) mass is 411 g/mol. The minimum atomic E-state index is -4.62. The number of primary amides is 1. The van der Waals surface area contributed by atoms with Gasteiger partial charge in [-0.15, -0.1) is 11.3 Å². The number of carbonyl (C=O) groups excluding carboxylic acids is 2. The van der Waals surface area contributed by atoms with Gasteiger partial charge in [0.05, 0.1) is 5.69 Å². The number of nitrogens with one attached hydrogen (secondary N) is 1. The van der Waals surface area contributed by atoms with Crippen LogP contribution in [0.1, 0.15) is 33.0 Å². The zero-order chi connectivity index (χ0) is 20.6. The van der Waals surface area contributed by atoms with Gasteiger partial charge in [-0.05, 0) is 31.5 Å². The highest BCUT2D eigenvalue weighted by Gasteiger charge is 2.34. The lowest BCUT2D eigenvalue weighted by molar-refractivity contribution is -0.141. The van der Waals surface area contributed by atoms with Crippen LogP contribution in [0.4, 0.5) is 18.9 Å². The fourth-order valence-electron chi connectivity index (χ4n) is 2.76. The molecule has 0 bridgehead atoms. The number of nitrogens with zero attached hydrogens (tertiary/aromatic N) is 3. The molecule has 3 rings (SSSR count). The maximum absolute atomic E-state index is 13.0. The van der Waals surface area contributed by atoms with Crippen molar-refractivity contribution in [3.05, 3.63) is 40.2 Å². The van der Waals surface area contributed by atoms with Gasteiger partial charge in [-0.2, -0.15) is 18.3 Å². The van der Waals surface area contributed by atoms with Gasteiger partial charge < -0.3 is 11.1 Å². The zero-order valence-corrected chi connectivity index (χ0v) is 15.7. The van der Waals surface area contributed by atoms with Crippen molar-refractivity contribution in [1.29, 1.82) is 0 Å². The molecule has 0 radical (unpaired) electrons. The average Bonchev–Trinajstić information content (AvgIpc) is 3.16. The molecule has 3 aromatic rings. The standard InChI is InChI=1S/C17H16F3N5O2S/c1-8-7-10(17(18,19)20)23-16-12(8)13(14(28-16)15(21)27)24-11(26)4-6-25-9(2)3-5-22-25/h3,5,7H,4,6H2,1-2H3,(H2,21,27)(H,24,26). The summed E-state index contributed by atoms with van der Waals surface area (Å²) in [5.74, 6) is -1.27. The molecule has 0 spiro atoms. The van der Waals surface area contributed by atoms with E-state index in [2.05, 4.69) is 15.4 Å². The molecule has 7 nitrogen and oxygen atoms in total. The molecular weight excluding hydrogens is 395 g/mol. The Morgan fingerprint density at radius 3 is 2.61 bits per heavy atom. The van der Waals surface area contributed by atoms with Crippen molar-refractivity contribution in [2.75, 3.05) is 5.32 Å². The van der Waals surface area contributed by atoms with E-state index in [1.807, 2.05) is 6.92 Å². The van der Waals surface area contributed by atoms with E-state index in [0.717, 1.165) is 23.1 Å². The third-order valence-corrected chi connectivity index (χ3v) is 5.22. The smallest absolute Gasteiger partial charge is 0.365 e. The van der Waals surface area contributed by atoms with Crippen LogP contribution >= 0.6 is 11.3 Å². The topological polar surface area (TPSA) is 103 Å². The van der Waals surface area contributed by atoms with Crippen molar-refractivity contribution in [2.45, 2.75) is 33.0 Å². The van der Waals surface area contributed by atoms with Gasteiger partial charge in [0.2, 0.25) is 5.91 Å². The fourth-order valence-corrected chi connectivity index (χ4v) is 3.82. The molecule has 0 aromatic carbocycles. The normalized spacial score (nSPS) is 11.8. The van der Waals surface area contributed by atoms with Gasteiger partial charge in [0.1, 0.15) is 15.4 Å². The van der Waals surface area contributed by atoms with Crippen molar-refractivity contribution in [3.8, 4) is 0 Å². The van der Waals surface area contributed by atoms with Crippen LogP contribution < -0.4 is 11.1 Å². The first kappa shape index (κ1) is 19.8. The van der Waals surface area contributed by atoms with E-state index in [9.17, 15) is 22.8 Å². The summed E-state index contributed by atoms with van der Waals surface area (Å²) in [6.45, 7) is 3.61. The number of pyridine rings is 1. The van der Waals surface area contributed by atoms with Crippen LogP contribution in [0.15, 0.2) is 18.3 Å². The first-order valence-corrected chi connectivity index (χ1v) is 8.99. The summed E-state index contributed by atoms with van der Waals surface area (Å²) in [7, 11) is 0. The summed E-state index contributed by atoms with van der Waals surface area (Å²) in [6.07, 6.45) is -2.95. The summed E-state index contributed by atoms with van der Waals surface area (Å²) < 4.78 is 40.7. The fraction of sp³-hybridized carbons (Fsp3) is 0.294. The van der Waals surface area contributed by atoms with Gasteiger partial charge in [-0.25, -0.2) is 4.98 Å². The highest BCUT2D eigenvalue weighted by atomic mass is 32.1. The molecule has 2 amide bonds. The van der Waals surface area contributed by atoms with E-state index in [1.54, 1.807) is 16.9 Å². The molecule has 0 aliphatic carbocycles. The number of rotatable bonds is 5. The van der Waals surface area contributed by atoms with E-state index < -0.39 is 23.7 Å². The maximum atomic E-state index is 13.0. The zero-order valence-electron chi connectivity index (χ0n) is 14.9. The first-order chi connectivity index (χ1) is 13.1. The molecule has 11 heteroatoms. The molecule has 0 atom stereocenters. The van der Waals surface area contributed by atoms with Gasteiger partial charge in [-0.1, -0.05) is 0 Å². The van der Waals surface area contributed by atoms with Gasteiger partial charge >= 0.3 is 6.18 Å². The van der Waals surface area contributed by atoms with Crippen LogP contribution in [0.3, 0.4) is 0 Å². The van der Waals surface area contributed by atoms with Crippen molar-refractivity contribution in [2.24, 2.45) is 5.73 Å². The SMILES string of the molecule is Cc1cc(C(F)(F)F)nc2sc(C(N)=O)c(NC(=O)CCn3nccc3C)c12. The number of carbonyl (C=O) groups is 2. The summed E-state index contributed by atoms with van der Waals surface area (Å²) in [5, 5.41) is 6.95. The van der Waals surface area contributed by atoms with E-state index in [-0.39, 0.29) is 32.8 Å². The predicted molar refractivity (Wildman–Crippen MR) is 98.1 cm³/mol. The largest absolute Gasteiger partial charge is 0.433 e. The number of aromatic nitrogens is 3. The summed E-state index contributed by atoms with van der Waals surface area (Å²) >= 11 is 0.719. The second-order valence-corrected chi connectivity index (χ2v) is 7.17. The lowest BCUT2D eigenvalue weighted by atomic mass is 10.1. The Kier molecular flexibility index (Phi) is 5.11. The number of hydrogen-bond donors (Lipinski definition) is 2. The van der Waals surface area contributed by atoms with Crippen molar-refractivity contribution in [1.82, 2.24) is 14.8 Å². The minimum Gasteiger partial charge on any atom is -0.365 e. The molecule has 3 heterocycles. The second kappa shape index (κ2) is 7.23. The Labute approximate surface area is 161 Å². The van der Waals surface area contributed by atoms with Crippen molar-refractivity contribution >= 4 is 39.1 Å². The molecule has 0 unspecified atom stereocenters. The number of fused-ring (bicyclic) bond motifs is 1. The molecule has 3 N–H and O–H groups in total. The van der Waals surface area contributed by atoms with E-state index >= 15 is 0 Å². The molecular formula is C17H16F3N5O2S. The number of amides is 2. The molecule has 3 aromatic heterocycles. The molecule has 28 heavy (non-hydrogen) atoms. The molecule has 0 saturated carbocycles. The van der Waals surface area contributed by atoms with Crippen LogP contribution in [0.5, 0.6) is 0 Å². The van der Waals surface area contributed by atoms with Crippen LogP contribution in [0.25, 0.3) is 10.2 Å². The van der Waals surface area contributed by atoms with E-state index in [4.69, 9.17) is 5.73 Å². The predicted octanol–water partition coefficient (Wildman–Crippen LogP) is 3.26. The highest BCUT2D eigenvalue weighted by molar-refractivity contribution is 7.21. The highest BCUT2D eigenvalue weighted by Crippen LogP contribution is 2.39. The Morgan fingerprint density at radius 1 is 1.32 bits per heavy atom. The number of thiophene rings is 1. The third-order valence-electron chi connectivity index (χ3n) is 4.12. The van der Waals surface area contributed by atoms with E-state index in [1.165, 1.54) is 6.92 Å². The number of anilines is 1. The number of nitrogens with two attached hydrogens (primary N) is 1. The molecule has 0 aliphatic heterocycles. The molecule has 0 aliphatic rings. The number of halogens is 3. The van der Waals surface area contributed by atoms with E-state index in [0.29, 0.717) is 6.54 Å². The summed E-state index contributed by atoms with van der Waals surface area (Å²) in [4.78, 5) is 27.7. The Balaban J connectivity index is 1.94. The quantitative estimate of drug-likeness (QED) is 0.673. The van der Waals surface area contributed by atoms with Crippen LogP contribution in [-0.4, -0.2) is 26.6 Å². The van der Waals surface area contributed by atoms with Crippen LogP contribution in [-0.2, 0) is 17.5 Å². The molecule has 0 fully saturated rings. The molecule has 148 valence electrons. The van der Waals surface area contributed by atoms with Crippen LogP contribution in [0.2, 0.25) is 0 Å². The van der Waals surface area contributed by atoms with Crippen molar-refractivity contribution < 1.29 is 22.8 Å². The Hall–Kier alpha value is -2.95. The first-order valence-electron chi connectivity index (χ1n) is 8.17. The molecule has 0 saturated heterocycles. The van der Waals surface area contributed by atoms with Gasteiger partial charge in [0.15, 0.2) is 0 Å². The second-order valence-electron chi connectivity index (χ2n) is 6.17. The van der Waals surface area contributed by atoms with Gasteiger partial charge in [-0.3, -0.25) is 14.3 Å². The number of alkyl halides is 3. The third kappa shape index (κ3) is 3.84. The Bertz CT molecular complexity index is 1070. The summed E-state index contributed by atoms with van der Waals surface area (Å²) in [6, 6.07) is 2.67. The van der Waals surface area contributed by atoms with Crippen molar-refractivity contribution in [3.63, 3.8) is 0 Å².